The number of alkyl halides is 3. The summed E-state index contributed by atoms with van der Waals surface area (Å²) < 4.78 is 95.3. The average Bonchev–Trinajstić information content (AvgIpc) is 2.72. The molecule has 1 aliphatic rings. The summed E-state index contributed by atoms with van der Waals surface area (Å²) in [6, 6.07) is 2.43. The molecule has 0 aliphatic heterocycles. The number of hydrogen-bond acceptors (Lipinski definition) is 0. The van der Waals surface area contributed by atoms with Crippen LogP contribution in [0.4, 0.5) is 30.7 Å². The zero-order chi connectivity index (χ0) is 24.2. The molecule has 0 saturated carbocycles. The van der Waals surface area contributed by atoms with Crippen LogP contribution in [-0.4, -0.2) is 6.18 Å². The minimum atomic E-state index is -4.93. The van der Waals surface area contributed by atoms with Crippen molar-refractivity contribution >= 4 is 0 Å². The van der Waals surface area contributed by atoms with Crippen LogP contribution in [0.2, 0.25) is 0 Å². The van der Waals surface area contributed by atoms with Gasteiger partial charge in [-0.25, -0.2) is 17.6 Å². The first kappa shape index (κ1) is 25.1. The summed E-state index contributed by atoms with van der Waals surface area (Å²) in [6.45, 7) is 2.15. The standard InChI is InChI=1S/C26H25F7/c1-2-3-4-5-6-7-16-8-9-19-17(12-16)13-23(29)24(25(19)30)18-14-21(27)20(22(28)15-18)10-11-26(31,32)33/h13-16H,2-9,12H2,1H3. The maximum absolute atomic E-state index is 15.2. The first-order valence-corrected chi connectivity index (χ1v) is 11.2. The van der Waals surface area contributed by atoms with Gasteiger partial charge in [-0.1, -0.05) is 51.4 Å². The fraction of sp³-hybridized carbons (Fsp3) is 0.462. The lowest BCUT2D eigenvalue weighted by Crippen LogP contribution is -2.17. The van der Waals surface area contributed by atoms with Crippen LogP contribution in [0.1, 0.15) is 68.6 Å². The van der Waals surface area contributed by atoms with Gasteiger partial charge in [0, 0.05) is 5.92 Å². The number of hydrogen-bond donors (Lipinski definition) is 0. The summed E-state index contributed by atoms with van der Waals surface area (Å²) in [4.78, 5) is 0. The quantitative estimate of drug-likeness (QED) is 0.217. The molecule has 3 rings (SSSR count). The van der Waals surface area contributed by atoms with Crippen molar-refractivity contribution < 1.29 is 30.7 Å². The molecule has 0 bridgehead atoms. The van der Waals surface area contributed by atoms with Gasteiger partial charge in [0.15, 0.2) is 0 Å². The summed E-state index contributed by atoms with van der Waals surface area (Å²) in [7, 11) is 0. The van der Waals surface area contributed by atoms with E-state index in [-0.39, 0.29) is 0 Å². The van der Waals surface area contributed by atoms with Crippen LogP contribution in [0.5, 0.6) is 0 Å². The fourth-order valence-electron chi connectivity index (χ4n) is 4.44. The van der Waals surface area contributed by atoms with E-state index in [4.69, 9.17) is 0 Å². The molecule has 0 radical (unpaired) electrons. The van der Waals surface area contributed by atoms with Crippen molar-refractivity contribution in [1.29, 1.82) is 0 Å². The molecule has 0 nitrogen and oxygen atoms in total. The number of unbranched alkanes of at least 4 members (excludes halogenated alkanes) is 4. The molecule has 33 heavy (non-hydrogen) atoms. The van der Waals surface area contributed by atoms with Crippen LogP contribution in [0.25, 0.3) is 11.1 Å². The first-order chi connectivity index (χ1) is 15.6. The van der Waals surface area contributed by atoms with Crippen LogP contribution in [0.3, 0.4) is 0 Å². The van der Waals surface area contributed by atoms with Gasteiger partial charge in [-0.15, -0.1) is 0 Å². The lowest BCUT2D eigenvalue weighted by molar-refractivity contribution is -0.0696. The minimum absolute atomic E-state index is 0.329. The maximum atomic E-state index is 15.2. The highest BCUT2D eigenvalue weighted by atomic mass is 19.4. The smallest absolute Gasteiger partial charge is 0.206 e. The van der Waals surface area contributed by atoms with Crippen LogP contribution >= 0.6 is 0 Å². The van der Waals surface area contributed by atoms with Crippen molar-refractivity contribution in [3.8, 4) is 23.0 Å². The molecule has 1 aliphatic carbocycles. The first-order valence-electron chi connectivity index (χ1n) is 11.2. The Labute approximate surface area is 189 Å². The van der Waals surface area contributed by atoms with E-state index in [0.717, 1.165) is 38.0 Å². The predicted octanol–water partition coefficient (Wildman–Crippen LogP) is 8.29. The summed E-state index contributed by atoms with van der Waals surface area (Å²) in [5.41, 5.74) is -1.21. The van der Waals surface area contributed by atoms with E-state index >= 15 is 4.39 Å². The molecule has 0 spiro atoms. The van der Waals surface area contributed by atoms with Gasteiger partial charge in [-0.3, -0.25) is 0 Å². The highest BCUT2D eigenvalue weighted by molar-refractivity contribution is 5.68. The lowest BCUT2D eigenvalue weighted by atomic mass is 9.79. The molecule has 0 aromatic heterocycles. The number of fused-ring (bicyclic) bond motifs is 1. The van der Waals surface area contributed by atoms with Crippen LogP contribution in [0.15, 0.2) is 18.2 Å². The van der Waals surface area contributed by atoms with Gasteiger partial charge in [0.05, 0.1) is 11.1 Å². The Balaban J connectivity index is 1.85. The van der Waals surface area contributed by atoms with Gasteiger partial charge >= 0.3 is 6.18 Å². The van der Waals surface area contributed by atoms with Crippen LogP contribution in [-0.2, 0) is 12.8 Å². The molecule has 1 unspecified atom stereocenters. The largest absolute Gasteiger partial charge is 0.458 e. The molecule has 7 heteroatoms. The second kappa shape index (κ2) is 10.6. The number of benzene rings is 2. The van der Waals surface area contributed by atoms with Crippen molar-refractivity contribution in [3.63, 3.8) is 0 Å². The second-order valence-electron chi connectivity index (χ2n) is 8.56. The predicted molar refractivity (Wildman–Crippen MR) is 114 cm³/mol. The molecule has 0 fully saturated rings. The SMILES string of the molecule is CCCCCCCC1CCc2c(cc(F)c(-c3cc(F)c(C#CC(F)(F)F)c(F)c3)c2F)C1. The van der Waals surface area contributed by atoms with Crippen LogP contribution < -0.4 is 0 Å². The monoisotopic (exact) mass is 470 g/mol. The average molecular weight is 470 g/mol. The molecule has 0 saturated heterocycles. The summed E-state index contributed by atoms with van der Waals surface area (Å²) in [6.07, 6.45) is 3.51. The Kier molecular flexibility index (Phi) is 8.10. The van der Waals surface area contributed by atoms with Gasteiger partial charge in [-0.2, -0.15) is 13.2 Å². The highest BCUT2D eigenvalue weighted by Crippen LogP contribution is 2.37. The Morgan fingerprint density at radius 3 is 2.21 bits per heavy atom. The molecular formula is C26H25F7. The Morgan fingerprint density at radius 2 is 1.58 bits per heavy atom. The third kappa shape index (κ3) is 6.31. The molecule has 1 atom stereocenters. The van der Waals surface area contributed by atoms with E-state index in [1.807, 2.05) is 0 Å². The minimum Gasteiger partial charge on any atom is -0.206 e. The topological polar surface area (TPSA) is 0 Å². The third-order valence-corrected chi connectivity index (χ3v) is 6.10. The normalized spacial score (nSPS) is 15.7. The fourth-order valence-corrected chi connectivity index (χ4v) is 4.44. The Hall–Kier alpha value is -2.49. The van der Waals surface area contributed by atoms with E-state index in [0.29, 0.717) is 42.0 Å². The third-order valence-electron chi connectivity index (χ3n) is 6.10. The molecule has 2 aromatic rings. The Bertz CT molecular complexity index is 1030. The number of halogens is 7. The second-order valence-corrected chi connectivity index (χ2v) is 8.56. The van der Waals surface area contributed by atoms with Gasteiger partial charge < -0.3 is 0 Å². The molecule has 0 N–H and O–H groups in total. The van der Waals surface area contributed by atoms with Crippen molar-refractivity contribution in [2.75, 3.05) is 0 Å². The van der Waals surface area contributed by atoms with Crippen molar-refractivity contribution in [2.24, 2.45) is 5.92 Å². The van der Waals surface area contributed by atoms with Gasteiger partial charge in [0.1, 0.15) is 23.3 Å². The summed E-state index contributed by atoms with van der Waals surface area (Å²) >= 11 is 0. The van der Waals surface area contributed by atoms with E-state index in [1.54, 1.807) is 0 Å². The highest BCUT2D eigenvalue weighted by Gasteiger charge is 2.27. The maximum Gasteiger partial charge on any atom is 0.458 e. The zero-order valence-corrected chi connectivity index (χ0v) is 18.3. The molecule has 0 heterocycles. The number of rotatable bonds is 7. The molecular weight excluding hydrogens is 445 g/mol. The van der Waals surface area contributed by atoms with Crippen molar-refractivity contribution in [2.45, 2.75) is 70.9 Å². The van der Waals surface area contributed by atoms with Gasteiger partial charge in [-0.05, 0) is 60.1 Å². The zero-order valence-electron chi connectivity index (χ0n) is 18.3. The van der Waals surface area contributed by atoms with Crippen LogP contribution in [0, 0.1) is 41.0 Å². The van der Waals surface area contributed by atoms with Gasteiger partial charge in [0.25, 0.3) is 0 Å². The molecule has 0 amide bonds. The lowest BCUT2D eigenvalue weighted by Gasteiger charge is -2.26. The van der Waals surface area contributed by atoms with E-state index in [2.05, 4.69) is 6.92 Å². The molecule has 2 aromatic carbocycles. The molecule has 178 valence electrons. The van der Waals surface area contributed by atoms with Crippen molar-refractivity contribution in [3.05, 3.63) is 58.2 Å². The summed E-state index contributed by atoms with van der Waals surface area (Å²) in [5, 5.41) is 0. The van der Waals surface area contributed by atoms with E-state index in [9.17, 15) is 26.3 Å². The van der Waals surface area contributed by atoms with E-state index < -0.39 is 46.1 Å². The van der Waals surface area contributed by atoms with Crippen molar-refractivity contribution in [1.82, 2.24) is 0 Å². The van der Waals surface area contributed by atoms with E-state index in [1.165, 1.54) is 24.8 Å². The Morgan fingerprint density at radius 1 is 0.909 bits per heavy atom. The summed E-state index contributed by atoms with van der Waals surface area (Å²) in [5.74, 6) is -2.13. The van der Waals surface area contributed by atoms with Gasteiger partial charge in [0.2, 0.25) is 0 Å².